The molecule has 6 nitrogen and oxygen atoms in total. The molecule has 23 heavy (non-hydrogen) atoms. The lowest BCUT2D eigenvalue weighted by Crippen LogP contribution is -2.58. The van der Waals surface area contributed by atoms with Gasteiger partial charge in [-0.15, -0.1) is 0 Å². The van der Waals surface area contributed by atoms with Crippen molar-refractivity contribution in [3.8, 4) is 0 Å². The zero-order chi connectivity index (χ0) is 17.3. The molecule has 0 aliphatic carbocycles. The molecule has 2 N–H and O–H groups in total. The highest BCUT2D eigenvalue weighted by Crippen LogP contribution is 2.24. The number of piperazine rings is 1. The fourth-order valence-corrected chi connectivity index (χ4v) is 2.29. The Balaban J connectivity index is 2.42. The molecule has 0 aromatic rings. The van der Waals surface area contributed by atoms with Crippen LogP contribution in [0.2, 0.25) is 0 Å². The van der Waals surface area contributed by atoms with Crippen molar-refractivity contribution >= 4 is 5.91 Å². The predicted octanol–water partition coefficient (Wildman–Crippen LogP) is 0.380. The minimum Gasteiger partial charge on any atom is -0.379 e. The van der Waals surface area contributed by atoms with Crippen molar-refractivity contribution in [2.24, 2.45) is 0 Å². The van der Waals surface area contributed by atoms with Gasteiger partial charge in [0.15, 0.2) is 0 Å². The lowest BCUT2D eigenvalue weighted by Gasteiger charge is -2.36. The van der Waals surface area contributed by atoms with Crippen LogP contribution in [0.25, 0.3) is 0 Å². The van der Waals surface area contributed by atoms with Crippen LogP contribution in [0.4, 0.5) is 13.2 Å². The second-order valence-corrected chi connectivity index (χ2v) is 5.30. The molecule has 0 radical (unpaired) electrons. The summed E-state index contributed by atoms with van der Waals surface area (Å²) in [6.07, 6.45) is -5.20. The molecule has 1 aliphatic heterocycles. The van der Waals surface area contributed by atoms with Crippen molar-refractivity contribution in [2.45, 2.75) is 32.2 Å². The van der Waals surface area contributed by atoms with E-state index in [1.807, 2.05) is 6.92 Å². The molecular formula is C14H26F3N3O3. The number of amides is 1. The zero-order valence-corrected chi connectivity index (χ0v) is 13.6. The Bertz CT molecular complexity index is 350. The Hall–Kier alpha value is -0.900. The standard InChI is InChI=1S/C14H26F3N3O3/c1-3-22-8-9-23-11(2)13(21)19-10-12(14(15,16)17)20-6-4-18-5-7-20/h11-12,18H,3-10H2,1-2H3,(H,19,21). The first kappa shape index (κ1) is 20.1. The van der Waals surface area contributed by atoms with E-state index in [0.717, 1.165) is 0 Å². The lowest BCUT2D eigenvalue weighted by atomic mass is 10.2. The number of carbonyl (C=O) groups is 1. The van der Waals surface area contributed by atoms with E-state index >= 15 is 0 Å². The first-order valence-electron chi connectivity index (χ1n) is 7.84. The number of halogens is 3. The molecule has 1 fully saturated rings. The van der Waals surface area contributed by atoms with Gasteiger partial charge in [0, 0.05) is 39.3 Å². The topological polar surface area (TPSA) is 62.8 Å². The summed E-state index contributed by atoms with van der Waals surface area (Å²) in [7, 11) is 0. The van der Waals surface area contributed by atoms with Crippen LogP contribution >= 0.6 is 0 Å². The zero-order valence-electron chi connectivity index (χ0n) is 13.6. The molecular weight excluding hydrogens is 315 g/mol. The van der Waals surface area contributed by atoms with Crippen molar-refractivity contribution in [1.82, 2.24) is 15.5 Å². The maximum atomic E-state index is 13.2. The Kier molecular flexibility index (Phi) is 8.82. The number of hydrogen-bond donors (Lipinski definition) is 2. The molecule has 1 amide bonds. The normalized spacial score (nSPS) is 19.3. The van der Waals surface area contributed by atoms with E-state index in [0.29, 0.717) is 39.4 Å². The molecule has 1 aliphatic rings. The van der Waals surface area contributed by atoms with Crippen molar-refractivity contribution in [3.63, 3.8) is 0 Å². The number of nitrogens with zero attached hydrogens (tertiary/aromatic N) is 1. The highest BCUT2D eigenvalue weighted by Gasteiger charge is 2.43. The molecule has 136 valence electrons. The van der Waals surface area contributed by atoms with Gasteiger partial charge in [0.1, 0.15) is 12.1 Å². The van der Waals surface area contributed by atoms with E-state index in [1.165, 1.54) is 11.8 Å². The van der Waals surface area contributed by atoms with Crippen LogP contribution in [0.15, 0.2) is 0 Å². The lowest BCUT2D eigenvalue weighted by molar-refractivity contribution is -0.184. The molecule has 9 heteroatoms. The van der Waals surface area contributed by atoms with Crippen LogP contribution in [0.1, 0.15) is 13.8 Å². The molecule has 1 saturated heterocycles. The molecule has 1 heterocycles. The maximum Gasteiger partial charge on any atom is 0.405 e. The smallest absolute Gasteiger partial charge is 0.379 e. The van der Waals surface area contributed by atoms with Gasteiger partial charge in [-0.2, -0.15) is 13.2 Å². The first-order valence-corrected chi connectivity index (χ1v) is 7.84. The Labute approximate surface area is 134 Å². The van der Waals surface area contributed by atoms with E-state index in [-0.39, 0.29) is 6.61 Å². The Morgan fingerprint density at radius 3 is 2.52 bits per heavy atom. The highest BCUT2D eigenvalue weighted by molar-refractivity contribution is 5.80. The van der Waals surface area contributed by atoms with Gasteiger partial charge < -0.3 is 20.1 Å². The molecule has 1 rings (SSSR count). The third-order valence-electron chi connectivity index (χ3n) is 3.61. The van der Waals surface area contributed by atoms with Crippen molar-refractivity contribution in [3.05, 3.63) is 0 Å². The summed E-state index contributed by atoms with van der Waals surface area (Å²) in [6, 6.07) is -1.68. The quantitative estimate of drug-likeness (QED) is 0.594. The summed E-state index contributed by atoms with van der Waals surface area (Å²) in [5, 5.41) is 5.35. The van der Waals surface area contributed by atoms with Crippen LogP contribution in [0.5, 0.6) is 0 Å². The average Bonchev–Trinajstić information content (AvgIpc) is 2.51. The SMILES string of the molecule is CCOCCOC(C)C(=O)NCC(N1CCNCC1)C(F)(F)F. The van der Waals surface area contributed by atoms with Gasteiger partial charge in [0.05, 0.1) is 13.2 Å². The Morgan fingerprint density at radius 2 is 1.96 bits per heavy atom. The summed E-state index contributed by atoms with van der Waals surface area (Å²) in [5.74, 6) is -0.550. The minimum atomic E-state index is -4.39. The van der Waals surface area contributed by atoms with Gasteiger partial charge in [-0.05, 0) is 13.8 Å². The largest absolute Gasteiger partial charge is 0.405 e. The van der Waals surface area contributed by atoms with E-state index in [4.69, 9.17) is 9.47 Å². The number of hydrogen-bond acceptors (Lipinski definition) is 5. The highest BCUT2D eigenvalue weighted by atomic mass is 19.4. The molecule has 0 aromatic carbocycles. The molecule has 2 unspecified atom stereocenters. The number of ether oxygens (including phenoxy) is 2. The summed E-state index contributed by atoms with van der Waals surface area (Å²) < 4.78 is 49.8. The second kappa shape index (κ2) is 10.1. The monoisotopic (exact) mass is 341 g/mol. The molecule has 2 atom stereocenters. The van der Waals surface area contributed by atoms with Crippen LogP contribution in [0, 0.1) is 0 Å². The first-order chi connectivity index (χ1) is 10.9. The fraction of sp³-hybridized carbons (Fsp3) is 0.929. The Morgan fingerprint density at radius 1 is 1.30 bits per heavy atom. The summed E-state index contributed by atoms with van der Waals surface area (Å²) in [5.41, 5.74) is 0. The number of rotatable bonds is 9. The summed E-state index contributed by atoms with van der Waals surface area (Å²) in [6.45, 7) is 5.63. The van der Waals surface area contributed by atoms with Crippen LogP contribution < -0.4 is 10.6 Å². The molecule has 0 saturated carbocycles. The average molecular weight is 341 g/mol. The van der Waals surface area contributed by atoms with E-state index < -0.39 is 30.8 Å². The molecule has 0 bridgehead atoms. The third kappa shape index (κ3) is 7.47. The van der Waals surface area contributed by atoms with Gasteiger partial charge in [0.2, 0.25) is 5.91 Å². The van der Waals surface area contributed by atoms with Gasteiger partial charge in [-0.1, -0.05) is 0 Å². The van der Waals surface area contributed by atoms with Crippen molar-refractivity contribution in [1.29, 1.82) is 0 Å². The summed E-state index contributed by atoms with van der Waals surface area (Å²) >= 11 is 0. The summed E-state index contributed by atoms with van der Waals surface area (Å²) in [4.78, 5) is 13.2. The van der Waals surface area contributed by atoms with Crippen molar-refractivity contribution in [2.75, 3.05) is 52.5 Å². The van der Waals surface area contributed by atoms with E-state index in [9.17, 15) is 18.0 Å². The van der Waals surface area contributed by atoms with Crippen LogP contribution in [-0.4, -0.2) is 81.7 Å². The van der Waals surface area contributed by atoms with Gasteiger partial charge in [0.25, 0.3) is 0 Å². The molecule has 0 aromatic heterocycles. The van der Waals surface area contributed by atoms with Crippen LogP contribution in [0.3, 0.4) is 0 Å². The van der Waals surface area contributed by atoms with Gasteiger partial charge >= 0.3 is 6.18 Å². The van der Waals surface area contributed by atoms with Crippen LogP contribution in [-0.2, 0) is 14.3 Å². The number of nitrogens with one attached hydrogen (secondary N) is 2. The van der Waals surface area contributed by atoms with Crippen molar-refractivity contribution < 1.29 is 27.4 Å². The van der Waals surface area contributed by atoms with Gasteiger partial charge in [-0.25, -0.2) is 0 Å². The minimum absolute atomic E-state index is 0.225. The second-order valence-electron chi connectivity index (χ2n) is 5.30. The molecule has 0 spiro atoms. The van der Waals surface area contributed by atoms with E-state index in [1.54, 1.807) is 0 Å². The fourth-order valence-electron chi connectivity index (χ4n) is 2.29. The van der Waals surface area contributed by atoms with E-state index in [2.05, 4.69) is 10.6 Å². The predicted molar refractivity (Wildman–Crippen MR) is 79.2 cm³/mol. The van der Waals surface area contributed by atoms with Gasteiger partial charge in [-0.3, -0.25) is 9.69 Å². The maximum absolute atomic E-state index is 13.2. The third-order valence-corrected chi connectivity index (χ3v) is 3.61. The number of carbonyl (C=O) groups excluding carboxylic acids is 1. The number of alkyl halides is 3.